The predicted octanol–water partition coefficient (Wildman–Crippen LogP) is 2.36. The van der Waals surface area contributed by atoms with Crippen LogP contribution < -0.4 is 10.1 Å². The average molecular weight is 290 g/mol. The van der Waals surface area contributed by atoms with Gasteiger partial charge in [-0.2, -0.15) is 0 Å². The molecule has 1 atom stereocenters. The van der Waals surface area contributed by atoms with Gasteiger partial charge in [-0.05, 0) is 44.9 Å². The van der Waals surface area contributed by atoms with Gasteiger partial charge in [-0.25, -0.2) is 0 Å². The first-order valence-electron chi connectivity index (χ1n) is 7.82. The molecule has 2 rings (SSSR count). The van der Waals surface area contributed by atoms with Crippen molar-refractivity contribution in [1.29, 1.82) is 0 Å². The van der Waals surface area contributed by atoms with E-state index >= 15 is 0 Å². The van der Waals surface area contributed by atoms with Crippen molar-refractivity contribution < 1.29 is 9.53 Å². The first-order chi connectivity index (χ1) is 10.1. The lowest BCUT2D eigenvalue weighted by atomic mass is 10.1. The fourth-order valence-electron chi connectivity index (χ4n) is 2.55. The van der Waals surface area contributed by atoms with E-state index in [1.54, 1.807) is 4.90 Å². The molecule has 1 saturated heterocycles. The van der Waals surface area contributed by atoms with E-state index in [9.17, 15) is 4.79 Å². The van der Waals surface area contributed by atoms with Gasteiger partial charge in [-0.3, -0.25) is 4.79 Å². The predicted molar refractivity (Wildman–Crippen MR) is 84.6 cm³/mol. The van der Waals surface area contributed by atoms with Crippen molar-refractivity contribution in [3.05, 3.63) is 29.8 Å². The van der Waals surface area contributed by atoms with Gasteiger partial charge in [0.05, 0.1) is 6.54 Å². The number of nitrogens with one attached hydrogen (secondary N) is 1. The molecule has 1 aliphatic heterocycles. The standard InChI is InChI=1S/C17H26N2O2/c1-14-5-8-16(9-6-14)21-13-12-19(2)17(20)10-7-15-4-3-11-18-15/h5-6,8-9,15,18H,3-4,7,10-13H2,1-2H3. The fourth-order valence-corrected chi connectivity index (χ4v) is 2.55. The zero-order chi connectivity index (χ0) is 15.1. The second kappa shape index (κ2) is 8.03. The van der Waals surface area contributed by atoms with Crippen LogP contribution in [0.25, 0.3) is 0 Å². The minimum atomic E-state index is 0.205. The highest BCUT2D eigenvalue weighted by molar-refractivity contribution is 5.75. The largest absolute Gasteiger partial charge is 0.492 e. The number of amides is 1. The van der Waals surface area contributed by atoms with Gasteiger partial charge in [-0.1, -0.05) is 17.7 Å². The number of likely N-dealkylation sites (N-methyl/N-ethyl adjacent to an activating group) is 1. The fraction of sp³-hybridized carbons (Fsp3) is 0.588. The Morgan fingerprint density at radius 3 is 2.81 bits per heavy atom. The molecule has 1 aromatic rings. The molecule has 21 heavy (non-hydrogen) atoms. The Labute approximate surface area is 127 Å². The highest BCUT2D eigenvalue weighted by Gasteiger charge is 2.16. The Balaban J connectivity index is 1.62. The van der Waals surface area contributed by atoms with Gasteiger partial charge in [0.1, 0.15) is 12.4 Å². The lowest BCUT2D eigenvalue weighted by molar-refractivity contribution is -0.130. The molecule has 0 radical (unpaired) electrons. The number of aryl methyl sites for hydroxylation is 1. The molecule has 1 N–H and O–H groups in total. The number of rotatable bonds is 7. The number of carbonyl (C=O) groups is 1. The van der Waals surface area contributed by atoms with Crippen LogP contribution in [0.5, 0.6) is 5.75 Å². The summed E-state index contributed by atoms with van der Waals surface area (Å²) in [4.78, 5) is 13.8. The van der Waals surface area contributed by atoms with E-state index in [-0.39, 0.29) is 5.91 Å². The maximum absolute atomic E-state index is 12.0. The van der Waals surface area contributed by atoms with Crippen LogP contribution in [0.2, 0.25) is 0 Å². The van der Waals surface area contributed by atoms with Gasteiger partial charge in [0, 0.05) is 19.5 Å². The van der Waals surface area contributed by atoms with Crippen molar-refractivity contribution in [3.8, 4) is 5.75 Å². The van der Waals surface area contributed by atoms with Crippen molar-refractivity contribution in [2.75, 3.05) is 26.7 Å². The molecule has 0 saturated carbocycles. The van der Waals surface area contributed by atoms with Gasteiger partial charge < -0.3 is 15.0 Å². The van der Waals surface area contributed by atoms with E-state index in [1.807, 2.05) is 31.3 Å². The van der Waals surface area contributed by atoms with Crippen molar-refractivity contribution in [2.24, 2.45) is 0 Å². The van der Waals surface area contributed by atoms with Crippen LogP contribution in [-0.2, 0) is 4.79 Å². The van der Waals surface area contributed by atoms with Crippen LogP contribution in [0, 0.1) is 6.92 Å². The minimum absolute atomic E-state index is 0.205. The summed E-state index contributed by atoms with van der Waals surface area (Å²) in [5.74, 6) is 1.06. The molecule has 4 nitrogen and oxygen atoms in total. The van der Waals surface area contributed by atoms with Crippen LogP contribution in [-0.4, -0.2) is 43.6 Å². The molecule has 1 fully saturated rings. The number of ether oxygens (including phenoxy) is 1. The maximum Gasteiger partial charge on any atom is 0.222 e. The summed E-state index contributed by atoms with van der Waals surface area (Å²) in [6, 6.07) is 8.51. The summed E-state index contributed by atoms with van der Waals surface area (Å²) < 4.78 is 5.65. The van der Waals surface area contributed by atoms with E-state index in [0.717, 1.165) is 18.7 Å². The van der Waals surface area contributed by atoms with Crippen LogP contribution in [0.4, 0.5) is 0 Å². The molecule has 1 amide bonds. The third-order valence-electron chi connectivity index (χ3n) is 4.01. The quantitative estimate of drug-likeness (QED) is 0.838. The van der Waals surface area contributed by atoms with Crippen LogP contribution in [0.3, 0.4) is 0 Å². The monoisotopic (exact) mass is 290 g/mol. The topological polar surface area (TPSA) is 41.6 Å². The molecule has 0 aliphatic carbocycles. The van der Waals surface area contributed by atoms with Crippen molar-refractivity contribution in [1.82, 2.24) is 10.2 Å². The SMILES string of the molecule is Cc1ccc(OCCN(C)C(=O)CCC2CCCN2)cc1. The van der Waals surface area contributed by atoms with Crippen LogP contribution in [0.15, 0.2) is 24.3 Å². The Hall–Kier alpha value is -1.55. The van der Waals surface area contributed by atoms with Gasteiger partial charge in [0.25, 0.3) is 0 Å². The molecular formula is C17H26N2O2. The number of carbonyl (C=O) groups excluding carboxylic acids is 1. The second-order valence-electron chi connectivity index (χ2n) is 5.81. The number of nitrogens with zero attached hydrogens (tertiary/aromatic N) is 1. The summed E-state index contributed by atoms with van der Waals surface area (Å²) in [6.07, 6.45) is 4.01. The highest BCUT2D eigenvalue weighted by Crippen LogP contribution is 2.12. The molecule has 4 heteroatoms. The van der Waals surface area contributed by atoms with Gasteiger partial charge in [-0.15, -0.1) is 0 Å². The first kappa shape index (κ1) is 15.8. The summed E-state index contributed by atoms with van der Waals surface area (Å²) in [5, 5.41) is 3.42. The second-order valence-corrected chi connectivity index (χ2v) is 5.81. The smallest absolute Gasteiger partial charge is 0.222 e. The molecular weight excluding hydrogens is 264 g/mol. The Morgan fingerprint density at radius 1 is 1.38 bits per heavy atom. The summed E-state index contributed by atoms with van der Waals surface area (Å²) >= 11 is 0. The highest BCUT2D eigenvalue weighted by atomic mass is 16.5. The number of hydrogen-bond donors (Lipinski definition) is 1. The summed E-state index contributed by atoms with van der Waals surface area (Å²) in [6.45, 7) is 4.31. The molecule has 0 spiro atoms. The summed E-state index contributed by atoms with van der Waals surface area (Å²) in [5.41, 5.74) is 1.22. The van der Waals surface area contributed by atoms with Gasteiger partial charge in [0.2, 0.25) is 5.91 Å². The number of benzene rings is 1. The van der Waals surface area contributed by atoms with Crippen molar-refractivity contribution in [2.45, 2.75) is 38.6 Å². The maximum atomic E-state index is 12.0. The minimum Gasteiger partial charge on any atom is -0.492 e. The molecule has 1 heterocycles. The molecule has 0 aromatic heterocycles. The lowest BCUT2D eigenvalue weighted by Crippen LogP contribution is -2.32. The first-order valence-corrected chi connectivity index (χ1v) is 7.82. The van der Waals surface area contributed by atoms with E-state index in [1.165, 1.54) is 18.4 Å². The molecule has 1 aliphatic rings. The van der Waals surface area contributed by atoms with Gasteiger partial charge >= 0.3 is 0 Å². The third-order valence-corrected chi connectivity index (χ3v) is 4.01. The zero-order valence-corrected chi connectivity index (χ0v) is 13.1. The number of hydrogen-bond acceptors (Lipinski definition) is 3. The average Bonchev–Trinajstić information content (AvgIpc) is 3.00. The van der Waals surface area contributed by atoms with Crippen molar-refractivity contribution in [3.63, 3.8) is 0 Å². The lowest BCUT2D eigenvalue weighted by Gasteiger charge is -2.18. The molecule has 1 unspecified atom stereocenters. The third kappa shape index (κ3) is 5.38. The normalized spacial score (nSPS) is 17.7. The molecule has 0 bridgehead atoms. The van der Waals surface area contributed by atoms with Crippen LogP contribution >= 0.6 is 0 Å². The Kier molecular flexibility index (Phi) is 6.05. The van der Waals surface area contributed by atoms with E-state index < -0.39 is 0 Å². The Morgan fingerprint density at radius 2 is 2.14 bits per heavy atom. The zero-order valence-electron chi connectivity index (χ0n) is 13.1. The van der Waals surface area contributed by atoms with E-state index in [2.05, 4.69) is 12.2 Å². The van der Waals surface area contributed by atoms with E-state index in [4.69, 9.17) is 4.74 Å². The molecule has 1 aromatic carbocycles. The van der Waals surface area contributed by atoms with Crippen molar-refractivity contribution >= 4 is 5.91 Å². The molecule has 116 valence electrons. The summed E-state index contributed by atoms with van der Waals surface area (Å²) in [7, 11) is 1.85. The van der Waals surface area contributed by atoms with Gasteiger partial charge in [0.15, 0.2) is 0 Å². The van der Waals surface area contributed by atoms with Crippen LogP contribution in [0.1, 0.15) is 31.2 Å². The Bertz CT molecular complexity index is 439. The van der Waals surface area contributed by atoms with E-state index in [0.29, 0.717) is 25.6 Å².